The normalized spacial score (nSPS) is 37.9. The van der Waals surface area contributed by atoms with Crippen LogP contribution < -0.4 is 10.0 Å². The second-order valence-corrected chi connectivity index (χ2v) is 22.8. The van der Waals surface area contributed by atoms with Crippen molar-refractivity contribution in [3.63, 3.8) is 0 Å². The number of carboxylic acid groups (broad SMARTS) is 2. The summed E-state index contributed by atoms with van der Waals surface area (Å²) in [5.41, 5.74) is 0. The minimum Gasteiger partial charge on any atom is -0.479 e. The first kappa shape index (κ1) is 66.7. The van der Waals surface area contributed by atoms with E-state index in [0.717, 1.165) is 12.8 Å². The van der Waals surface area contributed by atoms with Crippen LogP contribution in [-0.4, -0.2) is 259 Å². The van der Waals surface area contributed by atoms with Crippen molar-refractivity contribution in [2.75, 3.05) is 13.2 Å². The summed E-state index contributed by atoms with van der Waals surface area (Å²) in [5.74, 6) is -4.45. The number of carbonyl (C=O) groups is 3. The molecule has 1 saturated carbocycles. The molecule has 4 saturated heterocycles. The van der Waals surface area contributed by atoms with Gasteiger partial charge in [-0.25, -0.2) is 26.3 Å². The fourth-order valence-corrected chi connectivity index (χ4v) is 10.7. The Morgan fingerprint density at radius 1 is 0.532 bits per heavy atom. The fourth-order valence-electron chi connectivity index (χ4n) is 8.36. The van der Waals surface area contributed by atoms with Crippen molar-refractivity contribution in [2.45, 2.75) is 169 Å². The molecule has 20 atom stereocenters. The zero-order valence-electron chi connectivity index (χ0n) is 39.2. The number of hydrogen-bond acceptors (Lipinski definition) is 30. The highest BCUT2D eigenvalue weighted by Gasteiger charge is 2.60. The predicted octanol–water partition coefficient (Wildman–Crippen LogP) is -8.13. The van der Waals surface area contributed by atoms with Crippen LogP contribution in [0.5, 0.6) is 0 Å². The van der Waals surface area contributed by atoms with Gasteiger partial charge in [-0.1, -0.05) is 39.0 Å². The lowest BCUT2D eigenvalue weighted by atomic mass is 9.91. The van der Waals surface area contributed by atoms with E-state index in [1.54, 1.807) is 0 Å². The van der Waals surface area contributed by atoms with Crippen LogP contribution in [-0.2, 0) is 116 Å². The SMILES string of the molecule is CC(=O)N[C@@H]1[C@@H](O)[C@H](O[C@@H]2O[C@H](C(=O)O)[C@@H](O[C@@H]3O[C@H](CO)[C@@H](O[C@H]4O[C@@H](C(=O)O)[C@H](O)[C@@H](O)[C@@H]4OS(=O)(=O)O)[C@H](OS(=O)(=O)O)[C@H]3NS(=O)(=O)O)[C@H](O)[C@H]2OS(=O)(=O)O)[C@H](COS(=O)(=O)O)O[C@H]1O.CC1CCCCC1. The van der Waals surface area contributed by atoms with E-state index in [2.05, 4.69) is 23.7 Å². The minimum absolute atomic E-state index is 0.840. The van der Waals surface area contributed by atoms with Crippen LogP contribution in [0, 0.1) is 5.92 Å². The molecule has 0 bridgehead atoms. The number of aliphatic hydroxyl groups is 6. The number of aliphatic hydroxyl groups excluding tert-OH is 6. The number of nitrogens with one attached hydrogen (secondary N) is 2. The molecular formula is C33H56N2O37S5. The number of rotatable bonds is 21. The van der Waals surface area contributed by atoms with Crippen molar-refractivity contribution in [2.24, 2.45) is 5.92 Å². The molecule has 1 amide bonds. The Balaban J connectivity index is 0.00000168. The molecular weight excluding hydrogens is 1180 g/mol. The van der Waals surface area contributed by atoms with E-state index >= 15 is 0 Å². The molecule has 77 heavy (non-hydrogen) atoms. The standard InChI is InChI=1S/C26H42N2O37S5.C7H14/c1-4(30)27-7-9(31)13(6(56-23(7)39)3-55-67(43,44)45)58-26-19(65-70(52,53)54)12(34)16(20(62-26)22(37)38)60-24-8(28-66(40,41)42)15(63-68(46,47)48)14(5(2-29)57-24)59-25-18(64-69(49,50)51)11(33)10(32)17(61-25)21(35)36;1-7-5-3-2-4-6-7/h5-20,23-26,28-29,31-34,39H,2-3H2,1H3,(H,27,30)(H,35,36)(H,37,38)(H,40,41,42)(H,43,44,45)(H,46,47,48)(H,49,50,51)(H,52,53,54);7H,2-6H2,1H3/t5-,6+,7-,8-,9-,10-,11-,12+,13-,14-,15-,16+,17-,18+,19-,20+,23-,24+,25+,26-;/m1./s1. The van der Waals surface area contributed by atoms with Crippen molar-refractivity contribution < 1.29 is 170 Å². The molecule has 0 aromatic rings. The van der Waals surface area contributed by atoms with Gasteiger partial charge in [0.15, 0.2) is 49.6 Å². The summed E-state index contributed by atoms with van der Waals surface area (Å²) >= 11 is 0. The monoisotopic (exact) mass is 1230 g/mol. The highest BCUT2D eigenvalue weighted by molar-refractivity contribution is 7.83. The van der Waals surface area contributed by atoms with Crippen molar-refractivity contribution in [3.05, 3.63) is 0 Å². The molecule has 0 aromatic heterocycles. The number of hydrogen-bond donors (Lipinski definition) is 15. The van der Waals surface area contributed by atoms with Gasteiger partial charge < -0.3 is 79.3 Å². The van der Waals surface area contributed by atoms with Crippen molar-refractivity contribution in [1.82, 2.24) is 10.0 Å². The van der Waals surface area contributed by atoms with E-state index in [1.165, 1.54) is 36.8 Å². The smallest absolute Gasteiger partial charge is 0.397 e. The Kier molecular flexibility index (Phi) is 23.3. The first-order chi connectivity index (χ1) is 35.2. The molecule has 4 aliphatic heterocycles. The number of aliphatic carboxylic acids is 2. The average Bonchev–Trinajstić information content (AvgIpc) is 3.27. The lowest BCUT2D eigenvalue weighted by molar-refractivity contribution is -0.366. The van der Waals surface area contributed by atoms with Crippen molar-refractivity contribution in [1.29, 1.82) is 0 Å². The van der Waals surface area contributed by atoms with Crippen molar-refractivity contribution in [3.8, 4) is 0 Å². The summed E-state index contributed by atoms with van der Waals surface area (Å²) in [4.78, 5) is 36.4. The highest BCUT2D eigenvalue weighted by Crippen LogP contribution is 2.37. The lowest BCUT2D eigenvalue weighted by Gasteiger charge is -2.50. The van der Waals surface area contributed by atoms with E-state index in [0.29, 0.717) is 0 Å². The summed E-state index contributed by atoms with van der Waals surface area (Å²) in [5, 5.41) is 86.0. The maximum absolute atomic E-state index is 12.7. The molecule has 5 rings (SSSR count). The van der Waals surface area contributed by atoms with Gasteiger partial charge in [0, 0.05) is 6.92 Å². The van der Waals surface area contributed by atoms with Gasteiger partial charge in [0.25, 0.3) is 0 Å². The molecule has 15 N–H and O–H groups in total. The van der Waals surface area contributed by atoms with E-state index < -0.39 is 206 Å². The van der Waals surface area contributed by atoms with Gasteiger partial charge in [0.1, 0.15) is 73.1 Å². The molecule has 5 fully saturated rings. The Hall–Kier alpha value is -2.76. The second-order valence-electron chi connectivity index (χ2n) is 17.3. The van der Waals surface area contributed by atoms with Gasteiger partial charge in [-0.2, -0.15) is 46.8 Å². The van der Waals surface area contributed by atoms with Gasteiger partial charge in [0.05, 0.1) is 13.2 Å². The number of carbonyl (C=O) groups excluding carboxylic acids is 1. The fraction of sp³-hybridized carbons (Fsp3) is 0.909. The Morgan fingerprint density at radius 3 is 1.45 bits per heavy atom. The van der Waals surface area contributed by atoms with Crippen LogP contribution in [0.2, 0.25) is 0 Å². The van der Waals surface area contributed by atoms with E-state index in [4.69, 9.17) is 37.7 Å². The summed E-state index contributed by atoms with van der Waals surface area (Å²) in [6, 6.07) is -4.96. The molecule has 0 unspecified atom stereocenters. The zero-order valence-corrected chi connectivity index (χ0v) is 43.3. The van der Waals surface area contributed by atoms with Crippen LogP contribution in [0.4, 0.5) is 0 Å². The first-order valence-electron chi connectivity index (χ1n) is 21.9. The Labute approximate surface area is 436 Å². The molecule has 4 heterocycles. The third kappa shape index (κ3) is 19.7. The van der Waals surface area contributed by atoms with E-state index in [-0.39, 0.29) is 0 Å². The summed E-state index contributed by atoms with van der Waals surface area (Å²) in [7, 11) is -29.1. The molecule has 0 radical (unpaired) electrons. The van der Waals surface area contributed by atoms with Crippen LogP contribution in [0.25, 0.3) is 0 Å². The minimum atomic E-state index is -6.09. The van der Waals surface area contributed by atoms with Gasteiger partial charge in [0.2, 0.25) is 5.91 Å². The molecule has 0 spiro atoms. The number of ether oxygens (including phenoxy) is 7. The van der Waals surface area contributed by atoms with Gasteiger partial charge in [-0.3, -0.25) is 27.6 Å². The third-order valence-electron chi connectivity index (χ3n) is 11.6. The predicted molar refractivity (Wildman–Crippen MR) is 233 cm³/mol. The Morgan fingerprint density at radius 2 is 1.01 bits per heavy atom. The van der Waals surface area contributed by atoms with Crippen LogP contribution in [0.1, 0.15) is 46.0 Å². The first-order valence-corrected chi connectivity index (χ1v) is 28.8. The quantitative estimate of drug-likeness (QED) is 0.0475. The highest BCUT2D eigenvalue weighted by atomic mass is 32.3. The summed E-state index contributed by atoms with van der Waals surface area (Å²) < 4.78 is 222. The zero-order chi connectivity index (χ0) is 58.5. The largest absolute Gasteiger partial charge is 0.479 e. The van der Waals surface area contributed by atoms with Gasteiger partial charge in [-0.15, -0.1) is 0 Å². The average molecular weight is 1230 g/mol. The second kappa shape index (κ2) is 26.9. The summed E-state index contributed by atoms with van der Waals surface area (Å²) in [6.45, 7) is 0.121. The summed E-state index contributed by atoms with van der Waals surface area (Å²) in [6.07, 6.45) is -41.6. The molecule has 0 aromatic carbocycles. The van der Waals surface area contributed by atoms with Crippen LogP contribution in [0.15, 0.2) is 0 Å². The topological polar surface area (TPSA) is 610 Å². The third-order valence-corrected chi connectivity index (χ3v) is 14.0. The van der Waals surface area contributed by atoms with Crippen LogP contribution in [0.3, 0.4) is 0 Å². The number of carboxylic acids is 2. The molecule has 39 nitrogen and oxygen atoms in total. The lowest BCUT2D eigenvalue weighted by Crippen LogP contribution is -2.71. The van der Waals surface area contributed by atoms with Crippen molar-refractivity contribution >= 4 is 69.7 Å². The van der Waals surface area contributed by atoms with Gasteiger partial charge >= 0.3 is 63.8 Å². The number of amides is 1. The maximum atomic E-state index is 12.7. The van der Waals surface area contributed by atoms with Crippen LogP contribution >= 0.6 is 0 Å². The van der Waals surface area contributed by atoms with E-state index in [1.807, 2.05) is 5.32 Å². The molecule has 5 aliphatic rings. The Bertz CT molecular complexity index is 2590. The van der Waals surface area contributed by atoms with E-state index in [9.17, 15) is 116 Å². The molecule has 1 aliphatic carbocycles. The van der Waals surface area contributed by atoms with Gasteiger partial charge in [-0.05, 0) is 5.92 Å². The maximum Gasteiger partial charge on any atom is 0.397 e. The molecule has 450 valence electrons. The molecule has 44 heteroatoms.